The zero-order chi connectivity index (χ0) is 18.5. The first-order valence-corrected chi connectivity index (χ1v) is 10.3. The fourth-order valence-electron chi connectivity index (χ4n) is 2.50. The van der Waals surface area contributed by atoms with E-state index in [0.717, 1.165) is 21.1 Å². The average Bonchev–Trinajstić information content (AvgIpc) is 3.01. The Morgan fingerprint density at radius 3 is 2.85 bits per heavy atom. The first-order valence-electron chi connectivity index (χ1n) is 8.33. The summed E-state index contributed by atoms with van der Waals surface area (Å²) in [5.41, 5.74) is 2.78. The Kier molecular flexibility index (Phi) is 6.34. The summed E-state index contributed by atoms with van der Waals surface area (Å²) >= 11 is 10.1. The molecule has 3 rings (SSSR count). The molecular weight excluding hydrogens is 430 g/mol. The number of halogens is 1. The maximum absolute atomic E-state index is 12.3. The van der Waals surface area contributed by atoms with E-state index in [1.807, 2.05) is 18.2 Å². The minimum absolute atomic E-state index is 0.232. The summed E-state index contributed by atoms with van der Waals surface area (Å²) < 4.78 is 1.83. The predicted molar refractivity (Wildman–Crippen MR) is 116 cm³/mol. The van der Waals surface area contributed by atoms with Crippen molar-refractivity contribution >= 4 is 65.9 Å². The lowest BCUT2D eigenvalue weighted by atomic mass is 10.1. The predicted octanol–water partition coefficient (Wildman–Crippen LogP) is 5.53. The fourth-order valence-corrected chi connectivity index (χ4v) is 4.16. The van der Waals surface area contributed by atoms with Crippen LogP contribution in [0.15, 0.2) is 46.9 Å². The van der Waals surface area contributed by atoms with Crippen LogP contribution in [0.1, 0.15) is 35.7 Å². The number of nitrogens with zero attached hydrogens (tertiary/aromatic N) is 1. The number of hydrogen-bond donors (Lipinski definition) is 2. The number of nitrogens with one attached hydrogen (secondary N) is 2. The molecule has 2 N–H and O–H groups in total. The molecule has 0 radical (unpaired) electrons. The van der Waals surface area contributed by atoms with E-state index in [1.165, 1.54) is 29.7 Å². The van der Waals surface area contributed by atoms with E-state index in [0.29, 0.717) is 10.7 Å². The number of carbonyl (C=O) groups excluding carboxylic acids is 1. The number of thiazole rings is 1. The highest BCUT2D eigenvalue weighted by molar-refractivity contribution is 9.10. The number of hydrogen-bond acceptors (Lipinski definition) is 4. The quantitative estimate of drug-likeness (QED) is 0.504. The molecule has 2 aromatic carbocycles. The molecule has 0 aliphatic rings. The van der Waals surface area contributed by atoms with Gasteiger partial charge in [-0.15, -0.1) is 0 Å². The molecule has 1 aromatic heterocycles. The molecule has 0 fully saturated rings. The van der Waals surface area contributed by atoms with Crippen molar-refractivity contribution in [1.82, 2.24) is 10.3 Å². The zero-order valence-electron chi connectivity index (χ0n) is 14.2. The van der Waals surface area contributed by atoms with Gasteiger partial charge in [0.25, 0.3) is 5.91 Å². The van der Waals surface area contributed by atoms with Gasteiger partial charge in [0.2, 0.25) is 0 Å². The second-order valence-corrected chi connectivity index (χ2v) is 8.11. The van der Waals surface area contributed by atoms with Gasteiger partial charge in [-0.2, -0.15) is 0 Å². The van der Waals surface area contributed by atoms with Crippen molar-refractivity contribution in [2.45, 2.75) is 26.2 Å². The number of anilines is 1. The monoisotopic (exact) mass is 447 g/mol. The molecule has 7 heteroatoms. The normalized spacial score (nSPS) is 10.7. The molecule has 134 valence electrons. The van der Waals surface area contributed by atoms with E-state index in [9.17, 15) is 4.79 Å². The van der Waals surface area contributed by atoms with Gasteiger partial charge >= 0.3 is 0 Å². The van der Waals surface area contributed by atoms with E-state index in [4.69, 9.17) is 12.2 Å². The molecule has 0 saturated heterocycles. The standard InChI is InChI=1S/C19H18BrN3OS2/c1-2-3-6-12-9-10-15-16(11-12)26-19(21-15)23-18(25)22-17(24)13-7-4-5-8-14(13)20/h4-5,7-11H,2-3,6H2,1H3,(H2,21,22,23,24,25). The van der Waals surface area contributed by atoms with E-state index in [1.54, 1.807) is 12.1 Å². The Labute approximate surface area is 170 Å². The molecule has 4 nitrogen and oxygen atoms in total. The molecule has 0 aliphatic heterocycles. The van der Waals surface area contributed by atoms with Crippen molar-refractivity contribution in [1.29, 1.82) is 0 Å². The third-order valence-corrected chi connectivity index (χ3v) is 5.67. The Morgan fingerprint density at radius 1 is 1.27 bits per heavy atom. The Hall–Kier alpha value is -1.83. The van der Waals surface area contributed by atoms with Gasteiger partial charge in [0.15, 0.2) is 10.2 Å². The number of fused-ring (bicyclic) bond motifs is 1. The second kappa shape index (κ2) is 8.70. The smallest absolute Gasteiger partial charge is 0.258 e. The largest absolute Gasteiger partial charge is 0.308 e. The van der Waals surface area contributed by atoms with Crippen LogP contribution >= 0.6 is 39.5 Å². The molecule has 0 bridgehead atoms. The number of rotatable bonds is 5. The SMILES string of the molecule is CCCCc1ccc2nc(NC(=S)NC(=O)c3ccccc3Br)sc2c1. The second-order valence-electron chi connectivity index (χ2n) is 5.81. The summed E-state index contributed by atoms with van der Waals surface area (Å²) in [5, 5.41) is 6.60. The zero-order valence-corrected chi connectivity index (χ0v) is 17.4. The molecule has 0 spiro atoms. The van der Waals surface area contributed by atoms with Crippen LogP contribution in [0.2, 0.25) is 0 Å². The lowest BCUT2D eigenvalue weighted by Crippen LogP contribution is -2.34. The van der Waals surface area contributed by atoms with Gasteiger partial charge in [-0.3, -0.25) is 10.1 Å². The van der Waals surface area contributed by atoms with E-state index in [-0.39, 0.29) is 11.0 Å². The first kappa shape index (κ1) is 18.9. The molecule has 1 amide bonds. The van der Waals surface area contributed by atoms with E-state index in [2.05, 4.69) is 50.6 Å². The van der Waals surface area contributed by atoms with Crippen molar-refractivity contribution in [3.05, 3.63) is 58.1 Å². The summed E-state index contributed by atoms with van der Waals surface area (Å²) in [7, 11) is 0. The summed E-state index contributed by atoms with van der Waals surface area (Å²) in [6.07, 6.45) is 3.44. The van der Waals surface area contributed by atoms with Gasteiger partial charge in [0.05, 0.1) is 15.8 Å². The van der Waals surface area contributed by atoms with Crippen molar-refractivity contribution in [2.75, 3.05) is 5.32 Å². The van der Waals surface area contributed by atoms with Crippen molar-refractivity contribution in [3.63, 3.8) is 0 Å². The number of amides is 1. The highest BCUT2D eigenvalue weighted by Crippen LogP contribution is 2.27. The number of aromatic nitrogens is 1. The maximum atomic E-state index is 12.3. The van der Waals surface area contributed by atoms with E-state index < -0.39 is 0 Å². The van der Waals surface area contributed by atoms with Crippen molar-refractivity contribution < 1.29 is 4.79 Å². The molecule has 1 heterocycles. The van der Waals surface area contributed by atoms with Crippen LogP contribution in [-0.2, 0) is 6.42 Å². The molecule has 3 aromatic rings. The third kappa shape index (κ3) is 4.66. The fraction of sp³-hybridized carbons (Fsp3) is 0.211. The van der Waals surface area contributed by atoms with Gasteiger partial charge in [0, 0.05) is 4.47 Å². The van der Waals surface area contributed by atoms with Gasteiger partial charge in [-0.1, -0.05) is 42.9 Å². The Balaban J connectivity index is 1.67. The number of aryl methyl sites for hydroxylation is 1. The van der Waals surface area contributed by atoms with Crippen LogP contribution in [0.5, 0.6) is 0 Å². The molecule has 0 aliphatic carbocycles. The van der Waals surface area contributed by atoms with Gasteiger partial charge in [0.1, 0.15) is 0 Å². The molecule has 0 saturated carbocycles. The summed E-state index contributed by atoms with van der Waals surface area (Å²) in [5.74, 6) is -0.266. The lowest BCUT2D eigenvalue weighted by Gasteiger charge is -2.08. The minimum atomic E-state index is -0.266. The van der Waals surface area contributed by atoms with Gasteiger partial charge in [-0.05, 0) is 70.8 Å². The van der Waals surface area contributed by atoms with Crippen LogP contribution in [-0.4, -0.2) is 16.0 Å². The molecule has 26 heavy (non-hydrogen) atoms. The van der Waals surface area contributed by atoms with Crippen molar-refractivity contribution in [3.8, 4) is 0 Å². The first-order chi connectivity index (χ1) is 12.6. The summed E-state index contributed by atoms with van der Waals surface area (Å²) in [6.45, 7) is 2.19. The molecular formula is C19H18BrN3OS2. The van der Waals surface area contributed by atoms with Gasteiger partial charge in [-0.25, -0.2) is 4.98 Å². The van der Waals surface area contributed by atoms with Crippen LogP contribution in [0.4, 0.5) is 5.13 Å². The molecule has 0 unspecified atom stereocenters. The topological polar surface area (TPSA) is 54.0 Å². The summed E-state index contributed by atoms with van der Waals surface area (Å²) in [6, 6.07) is 13.5. The number of unbranched alkanes of at least 4 members (excludes halogenated alkanes) is 1. The summed E-state index contributed by atoms with van der Waals surface area (Å²) in [4.78, 5) is 16.8. The highest BCUT2D eigenvalue weighted by Gasteiger charge is 2.12. The average molecular weight is 448 g/mol. The maximum Gasteiger partial charge on any atom is 0.258 e. The third-order valence-electron chi connectivity index (χ3n) is 3.84. The number of benzene rings is 2. The van der Waals surface area contributed by atoms with Crippen LogP contribution in [0, 0.1) is 0 Å². The van der Waals surface area contributed by atoms with E-state index >= 15 is 0 Å². The van der Waals surface area contributed by atoms with Crippen LogP contribution < -0.4 is 10.6 Å². The number of thiocarbonyl (C=S) groups is 1. The highest BCUT2D eigenvalue weighted by atomic mass is 79.9. The van der Waals surface area contributed by atoms with Crippen molar-refractivity contribution in [2.24, 2.45) is 0 Å². The van der Waals surface area contributed by atoms with Crippen LogP contribution in [0.25, 0.3) is 10.2 Å². The molecule has 0 atom stereocenters. The Bertz CT molecular complexity index is 955. The van der Waals surface area contributed by atoms with Crippen LogP contribution in [0.3, 0.4) is 0 Å². The lowest BCUT2D eigenvalue weighted by molar-refractivity contribution is 0.0977. The Morgan fingerprint density at radius 2 is 2.08 bits per heavy atom. The minimum Gasteiger partial charge on any atom is -0.308 e. The van der Waals surface area contributed by atoms with Gasteiger partial charge < -0.3 is 5.32 Å². The number of carbonyl (C=O) groups is 1.